The van der Waals surface area contributed by atoms with Gasteiger partial charge in [0.1, 0.15) is 0 Å². The van der Waals surface area contributed by atoms with E-state index in [2.05, 4.69) is 46.4 Å². The van der Waals surface area contributed by atoms with Crippen LogP contribution in [0, 0.1) is 12.8 Å². The van der Waals surface area contributed by atoms with Crippen molar-refractivity contribution in [3.63, 3.8) is 0 Å². The highest BCUT2D eigenvalue weighted by Gasteiger charge is 2.25. The smallest absolute Gasteiger partial charge is 0.227 e. The fraction of sp³-hybridized carbons (Fsp3) is 0.368. The third-order valence-electron chi connectivity index (χ3n) is 4.38. The van der Waals surface area contributed by atoms with Crippen molar-refractivity contribution in [2.24, 2.45) is 5.92 Å². The zero-order chi connectivity index (χ0) is 16.1. The zero-order valence-electron chi connectivity index (χ0n) is 13.5. The van der Waals surface area contributed by atoms with Crippen molar-refractivity contribution in [3.8, 4) is 0 Å². The molecule has 1 fully saturated rings. The Balaban J connectivity index is 1.49. The maximum absolute atomic E-state index is 12.3. The van der Waals surface area contributed by atoms with E-state index in [9.17, 15) is 4.79 Å². The van der Waals surface area contributed by atoms with Crippen LogP contribution in [0.15, 0.2) is 48.8 Å². The molecule has 0 bridgehead atoms. The number of piperidine rings is 1. The third kappa shape index (κ3) is 4.39. The number of aryl methyl sites for hydroxylation is 1. The number of carbonyl (C=O) groups is 1. The molecule has 1 aliphatic heterocycles. The van der Waals surface area contributed by atoms with Crippen molar-refractivity contribution >= 4 is 11.6 Å². The largest absolute Gasteiger partial charge is 0.324 e. The molecular weight excluding hydrogens is 286 g/mol. The van der Waals surface area contributed by atoms with Gasteiger partial charge in [-0.1, -0.05) is 29.8 Å². The van der Waals surface area contributed by atoms with Gasteiger partial charge < -0.3 is 5.32 Å². The van der Waals surface area contributed by atoms with Gasteiger partial charge in [-0.15, -0.1) is 0 Å². The third-order valence-corrected chi connectivity index (χ3v) is 4.38. The molecule has 0 unspecified atom stereocenters. The van der Waals surface area contributed by atoms with Gasteiger partial charge in [-0.3, -0.25) is 14.7 Å². The van der Waals surface area contributed by atoms with Crippen molar-refractivity contribution in [2.45, 2.75) is 26.3 Å². The number of rotatable bonds is 4. The molecule has 2 aromatic rings. The van der Waals surface area contributed by atoms with E-state index in [1.54, 1.807) is 12.4 Å². The molecule has 4 nitrogen and oxygen atoms in total. The lowest BCUT2D eigenvalue weighted by Crippen LogP contribution is -2.37. The Morgan fingerprint density at radius 3 is 2.78 bits per heavy atom. The van der Waals surface area contributed by atoms with Gasteiger partial charge in [-0.25, -0.2) is 0 Å². The van der Waals surface area contributed by atoms with Crippen molar-refractivity contribution < 1.29 is 4.79 Å². The maximum atomic E-state index is 12.3. The lowest BCUT2D eigenvalue weighted by Gasteiger charge is -2.31. The van der Waals surface area contributed by atoms with Crippen LogP contribution in [0.2, 0.25) is 0 Å². The summed E-state index contributed by atoms with van der Waals surface area (Å²) in [7, 11) is 0. The molecule has 1 aromatic carbocycles. The van der Waals surface area contributed by atoms with Gasteiger partial charge in [0.15, 0.2) is 0 Å². The van der Waals surface area contributed by atoms with Crippen LogP contribution in [0.25, 0.3) is 0 Å². The number of nitrogens with one attached hydrogen (secondary N) is 1. The molecule has 120 valence electrons. The SMILES string of the molecule is Cc1cccc(CN2CCC(C(=O)Nc3cccnc3)CC2)c1. The molecule has 1 amide bonds. The van der Waals surface area contributed by atoms with Gasteiger partial charge in [0.05, 0.1) is 11.9 Å². The van der Waals surface area contributed by atoms with E-state index in [1.807, 2.05) is 12.1 Å². The summed E-state index contributed by atoms with van der Waals surface area (Å²) in [6, 6.07) is 12.4. The average Bonchev–Trinajstić information content (AvgIpc) is 2.56. The van der Waals surface area contributed by atoms with Crippen molar-refractivity contribution in [1.82, 2.24) is 9.88 Å². The molecule has 0 saturated carbocycles. The summed E-state index contributed by atoms with van der Waals surface area (Å²) in [4.78, 5) is 18.8. The zero-order valence-corrected chi connectivity index (χ0v) is 13.5. The number of anilines is 1. The van der Waals surface area contributed by atoms with E-state index in [-0.39, 0.29) is 11.8 Å². The minimum atomic E-state index is 0.101. The molecule has 23 heavy (non-hydrogen) atoms. The Morgan fingerprint density at radius 2 is 2.09 bits per heavy atom. The summed E-state index contributed by atoms with van der Waals surface area (Å²) in [6.45, 7) is 5.04. The molecule has 2 heterocycles. The number of amides is 1. The van der Waals surface area contributed by atoms with Crippen LogP contribution in [0.1, 0.15) is 24.0 Å². The summed E-state index contributed by atoms with van der Waals surface area (Å²) in [5.41, 5.74) is 3.43. The standard InChI is InChI=1S/C19H23N3O/c1-15-4-2-5-16(12-15)14-22-10-7-17(8-11-22)19(23)21-18-6-3-9-20-13-18/h2-6,9,12-13,17H,7-8,10-11,14H2,1H3,(H,21,23). The topological polar surface area (TPSA) is 45.2 Å². The summed E-state index contributed by atoms with van der Waals surface area (Å²) >= 11 is 0. The number of benzene rings is 1. The lowest BCUT2D eigenvalue weighted by atomic mass is 9.95. The molecule has 0 atom stereocenters. The molecule has 1 saturated heterocycles. The fourth-order valence-corrected chi connectivity index (χ4v) is 3.10. The molecule has 0 radical (unpaired) electrons. The Kier molecular flexibility index (Phi) is 5.03. The highest BCUT2D eigenvalue weighted by atomic mass is 16.1. The molecule has 1 aromatic heterocycles. The first kappa shape index (κ1) is 15.7. The van der Waals surface area contributed by atoms with Crippen LogP contribution in [-0.4, -0.2) is 28.9 Å². The molecule has 0 aliphatic carbocycles. The van der Waals surface area contributed by atoms with Crippen LogP contribution in [0.3, 0.4) is 0 Å². The molecule has 0 spiro atoms. The van der Waals surface area contributed by atoms with Gasteiger partial charge in [-0.05, 0) is 50.6 Å². The second kappa shape index (κ2) is 7.38. The highest BCUT2D eigenvalue weighted by molar-refractivity contribution is 5.92. The Hall–Kier alpha value is -2.20. The van der Waals surface area contributed by atoms with Crippen molar-refractivity contribution in [1.29, 1.82) is 0 Å². The molecule has 1 aliphatic rings. The van der Waals surface area contributed by atoms with Crippen LogP contribution >= 0.6 is 0 Å². The van der Waals surface area contributed by atoms with Crippen LogP contribution in [0.5, 0.6) is 0 Å². The van der Waals surface area contributed by atoms with Gasteiger partial charge >= 0.3 is 0 Å². The van der Waals surface area contributed by atoms with E-state index >= 15 is 0 Å². The van der Waals surface area contributed by atoms with E-state index in [0.29, 0.717) is 0 Å². The highest BCUT2D eigenvalue weighted by Crippen LogP contribution is 2.21. The van der Waals surface area contributed by atoms with E-state index in [0.717, 1.165) is 38.2 Å². The Morgan fingerprint density at radius 1 is 1.26 bits per heavy atom. The molecular formula is C19H23N3O. The minimum Gasteiger partial charge on any atom is -0.324 e. The van der Waals surface area contributed by atoms with Crippen LogP contribution in [-0.2, 0) is 11.3 Å². The predicted molar refractivity (Wildman–Crippen MR) is 92.0 cm³/mol. The van der Waals surface area contributed by atoms with Crippen LogP contribution < -0.4 is 5.32 Å². The van der Waals surface area contributed by atoms with Gasteiger partial charge in [0.25, 0.3) is 0 Å². The van der Waals surface area contributed by atoms with Crippen LogP contribution in [0.4, 0.5) is 5.69 Å². The maximum Gasteiger partial charge on any atom is 0.227 e. The fourth-order valence-electron chi connectivity index (χ4n) is 3.10. The lowest BCUT2D eigenvalue weighted by molar-refractivity contribution is -0.121. The van der Waals surface area contributed by atoms with Gasteiger partial charge in [0.2, 0.25) is 5.91 Å². The first-order valence-corrected chi connectivity index (χ1v) is 8.19. The number of pyridine rings is 1. The van der Waals surface area contributed by atoms with Gasteiger partial charge in [0, 0.05) is 18.7 Å². The van der Waals surface area contributed by atoms with E-state index < -0.39 is 0 Å². The molecule has 4 heteroatoms. The summed E-state index contributed by atoms with van der Waals surface area (Å²) in [5, 5.41) is 2.96. The second-order valence-electron chi connectivity index (χ2n) is 6.27. The summed E-state index contributed by atoms with van der Waals surface area (Å²) in [5.74, 6) is 0.220. The number of hydrogen-bond acceptors (Lipinski definition) is 3. The first-order chi connectivity index (χ1) is 11.2. The minimum absolute atomic E-state index is 0.101. The van der Waals surface area contributed by atoms with E-state index in [1.165, 1.54) is 11.1 Å². The number of aromatic nitrogens is 1. The number of hydrogen-bond donors (Lipinski definition) is 1. The van der Waals surface area contributed by atoms with Gasteiger partial charge in [-0.2, -0.15) is 0 Å². The molecule has 3 rings (SSSR count). The summed E-state index contributed by atoms with van der Waals surface area (Å²) < 4.78 is 0. The molecule has 1 N–H and O–H groups in total. The Bertz CT molecular complexity index is 649. The monoisotopic (exact) mass is 309 g/mol. The number of likely N-dealkylation sites (tertiary alicyclic amines) is 1. The van der Waals surface area contributed by atoms with Crippen molar-refractivity contribution in [2.75, 3.05) is 18.4 Å². The predicted octanol–water partition coefficient (Wildman–Crippen LogP) is 3.24. The number of nitrogens with zero attached hydrogens (tertiary/aromatic N) is 2. The van der Waals surface area contributed by atoms with E-state index in [4.69, 9.17) is 0 Å². The Labute approximate surface area is 137 Å². The van der Waals surface area contributed by atoms with Crippen molar-refractivity contribution in [3.05, 3.63) is 59.9 Å². The average molecular weight is 309 g/mol. The second-order valence-corrected chi connectivity index (χ2v) is 6.27. The normalized spacial score (nSPS) is 16.2. The summed E-state index contributed by atoms with van der Waals surface area (Å²) in [6.07, 6.45) is 5.22. The number of carbonyl (C=O) groups excluding carboxylic acids is 1. The quantitative estimate of drug-likeness (QED) is 0.943. The first-order valence-electron chi connectivity index (χ1n) is 8.19.